The first kappa shape index (κ1) is 15.8. The summed E-state index contributed by atoms with van der Waals surface area (Å²) in [6, 6.07) is 28.1. The molecule has 4 aromatic rings. The van der Waals surface area contributed by atoms with Crippen LogP contribution in [0.1, 0.15) is 16.7 Å². The Hall–Kier alpha value is -3.39. The highest BCUT2D eigenvalue weighted by atomic mass is 15.1. The molecule has 1 aliphatic heterocycles. The number of hydrogen-bond donors (Lipinski definition) is 0. The molecule has 5 rings (SSSR count). The van der Waals surface area contributed by atoms with Gasteiger partial charge in [-0.1, -0.05) is 48.5 Å². The highest BCUT2D eigenvalue weighted by Gasteiger charge is 2.23. The largest absolute Gasteiger partial charge is 0.344 e. The fourth-order valence-electron chi connectivity index (χ4n) is 4.09. The van der Waals surface area contributed by atoms with Crippen LogP contribution in [0.25, 0.3) is 22.6 Å². The fourth-order valence-corrected chi connectivity index (χ4v) is 4.09. The van der Waals surface area contributed by atoms with E-state index < -0.39 is 0 Å². The molecule has 0 unspecified atom stereocenters. The van der Waals surface area contributed by atoms with E-state index in [1.54, 1.807) is 0 Å². The molecule has 1 aromatic heterocycles. The lowest BCUT2D eigenvalue weighted by atomic mass is 9.89. The lowest BCUT2D eigenvalue weighted by Gasteiger charge is -2.31. The lowest BCUT2D eigenvalue weighted by Crippen LogP contribution is -2.28. The first-order valence-electron chi connectivity index (χ1n) is 9.25. The topological polar surface area (TPSA) is 7.12 Å². The molecule has 3 aromatic carbocycles. The molecule has 0 bridgehead atoms. The third-order valence-corrected chi connectivity index (χ3v) is 5.48. The first-order chi connectivity index (χ1) is 13.2. The van der Waals surface area contributed by atoms with Crippen LogP contribution in [0.4, 0.5) is 11.4 Å². The molecule has 0 aliphatic carbocycles. The number of aromatic nitrogens is 1. The molecule has 0 saturated carbocycles. The minimum Gasteiger partial charge on any atom is -0.344 e. The van der Waals surface area contributed by atoms with Gasteiger partial charge in [0.25, 0.3) is 0 Å². The van der Waals surface area contributed by atoms with E-state index in [-0.39, 0.29) is 0 Å². The van der Waals surface area contributed by atoms with Gasteiger partial charge in [0, 0.05) is 41.7 Å². The molecule has 2 nitrogen and oxygen atoms in total. The van der Waals surface area contributed by atoms with Crippen molar-refractivity contribution in [3.63, 3.8) is 0 Å². The molecule has 0 radical (unpaired) electrons. The number of aryl methyl sites for hydroxylation is 1. The van der Waals surface area contributed by atoms with Crippen molar-refractivity contribution in [3.8, 4) is 0 Å². The Morgan fingerprint density at radius 3 is 2.04 bits per heavy atom. The van der Waals surface area contributed by atoms with Gasteiger partial charge in [-0.25, -0.2) is 4.57 Å². The Morgan fingerprint density at radius 1 is 0.741 bits per heavy atom. The van der Waals surface area contributed by atoms with Crippen LogP contribution in [0.3, 0.4) is 0 Å². The Labute approximate surface area is 159 Å². The molecule has 0 atom stereocenters. The number of para-hydroxylation sites is 3. The first-order valence-corrected chi connectivity index (χ1v) is 9.25. The maximum atomic E-state index is 2.34. The maximum Gasteiger partial charge on any atom is 0.212 e. The molecule has 27 heavy (non-hydrogen) atoms. The molecular formula is C25H21N2+. The van der Waals surface area contributed by atoms with E-state index in [0.717, 1.165) is 0 Å². The average molecular weight is 349 g/mol. The van der Waals surface area contributed by atoms with Gasteiger partial charge < -0.3 is 4.90 Å². The van der Waals surface area contributed by atoms with Gasteiger partial charge in [0.1, 0.15) is 7.05 Å². The Bertz CT molecular complexity index is 1150. The molecule has 2 heterocycles. The SMILES string of the molecule is CN1c2ccccc2C(=Cc2cc[n+](C)c3ccccc23)c2ccccc21. The molecule has 1 aliphatic rings. The van der Waals surface area contributed by atoms with Gasteiger partial charge in [-0.05, 0) is 35.4 Å². The molecule has 0 N–H and O–H groups in total. The van der Waals surface area contributed by atoms with Crippen molar-refractivity contribution in [2.75, 3.05) is 11.9 Å². The summed E-state index contributed by atoms with van der Waals surface area (Å²) in [6.45, 7) is 0. The summed E-state index contributed by atoms with van der Waals surface area (Å²) in [5.41, 5.74) is 8.79. The highest BCUT2D eigenvalue weighted by molar-refractivity contribution is 6.05. The van der Waals surface area contributed by atoms with E-state index in [9.17, 15) is 0 Å². The van der Waals surface area contributed by atoms with Crippen LogP contribution < -0.4 is 9.47 Å². The molecule has 130 valence electrons. The van der Waals surface area contributed by atoms with E-state index in [1.807, 2.05) is 0 Å². The van der Waals surface area contributed by atoms with Crippen LogP contribution in [0, 0.1) is 0 Å². The van der Waals surface area contributed by atoms with Crippen molar-refractivity contribution >= 4 is 33.9 Å². The summed E-state index contributed by atoms with van der Waals surface area (Å²) in [7, 11) is 4.24. The van der Waals surface area contributed by atoms with Crippen molar-refractivity contribution in [3.05, 3.63) is 102 Å². The zero-order chi connectivity index (χ0) is 18.4. The fraction of sp³-hybridized carbons (Fsp3) is 0.0800. The summed E-state index contributed by atoms with van der Waals surface area (Å²) in [5.74, 6) is 0. The third kappa shape index (κ3) is 2.45. The molecule has 0 saturated heterocycles. The lowest BCUT2D eigenvalue weighted by molar-refractivity contribution is -0.644. The second-order valence-corrected chi connectivity index (χ2v) is 7.05. The van der Waals surface area contributed by atoms with Gasteiger partial charge in [-0.3, -0.25) is 0 Å². The normalized spacial score (nSPS) is 12.7. The third-order valence-electron chi connectivity index (χ3n) is 5.48. The summed E-state index contributed by atoms with van der Waals surface area (Å²) < 4.78 is 2.17. The minimum absolute atomic E-state index is 1.24. The number of benzene rings is 3. The Morgan fingerprint density at radius 2 is 1.33 bits per heavy atom. The van der Waals surface area contributed by atoms with Gasteiger partial charge >= 0.3 is 0 Å². The molecule has 0 fully saturated rings. The summed E-state index contributed by atoms with van der Waals surface area (Å²) >= 11 is 0. The predicted octanol–water partition coefficient (Wildman–Crippen LogP) is 5.33. The molecule has 0 spiro atoms. The van der Waals surface area contributed by atoms with Crippen molar-refractivity contribution < 1.29 is 4.57 Å². The summed E-state index contributed by atoms with van der Waals surface area (Å²) in [6.07, 6.45) is 4.48. The number of fused-ring (bicyclic) bond motifs is 3. The smallest absolute Gasteiger partial charge is 0.212 e. The van der Waals surface area contributed by atoms with Crippen molar-refractivity contribution in [2.24, 2.45) is 7.05 Å². The van der Waals surface area contributed by atoms with Gasteiger partial charge in [-0.2, -0.15) is 0 Å². The number of nitrogens with zero attached hydrogens (tertiary/aromatic N) is 2. The Balaban J connectivity index is 1.82. The highest BCUT2D eigenvalue weighted by Crippen LogP contribution is 2.44. The zero-order valence-corrected chi connectivity index (χ0v) is 15.6. The van der Waals surface area contributed by atoms with Crippen LogP contribution in [0.15, 0.2) is 85.1 Å². The van der Waals surface area contributed by atoms with Crippen LogP contribution in [-0.2, 0) is 7.05 Å². The van der Waals surface area contributed by atoms with Crippen LogP contribution >= 0.6 is 0 Å². The van der Waals surface area contributed by atoms with Gasteiger partial charge in [0.05, 0.1) is 5.39 Å². The van der Waals surface area contributed by atoms with E-state index in [0.29, 0.717) is 0 Å². The molecule has 2 heteroatoms. The summed E-state index contributed by atoms with van der Waals surface area (Å²) in [4.78, 5) is 2.28. The van der Waals surface area contributed by atoms with Crippen molar-refractivity contribution in [2.45, 2.75) is 0 Å². The number of pyridine rings is 1. The number of hydrogen-bond acceptors (Lipinski definition) is 1. The van der Waals surface area contributed by atoms with Crippen LogP contribution in [0.5, 0.6) is 0 Å². The van der Waals surface area contributed by atoms with E-state index in [4.69, 9.17) is 0 Å². The van der Waals surface area contributed by atoms with Gasteiger partial charge in [0.2, 0.25) is 5.52 Å². The van der Waals surface area contributed by atoms with E-state index >= 15 is 0 Å². The second-order valence-electron chi connectivity index (χ2n) is 7.05. The predicted molar refractivity (Wildman–Crippen MR) is 113 cm³/mol. The van der Waals surface area contributed by atoms with Crippen LogP contribution in [0.2, 0.25) is 0 Å². The van der Waals surface area contributed by atoms with Crippen molar-refractivity contribution in [1.29, 1.82) is 0 Å². The quantitative estimate of drug-likeness (QED) is 0.421. The molecule has 0 amide bonds. The van der Waals surface area contributed by atoms with E-state index in [2.05, 4.69) is 115 Å². The van der Waals surface area contributed by atoms with Crippen molar-refractivity contribution in [1.82, 2.24) is 0 Å². The Kier molecular flexibility index (Phi) is 3.58. The zero-order valence-electron chi connectivity index (χ0n) is 15.6. The average Bonchev–Trinajstić information content (AvgIpc) is 2.73. The summed E-state index contributed by atoms with van der Waals surface area (Å²) in [5, 5.41) is 1.27. The maximum absolute atomic E-state index is 2.34. The van der Waals surface area contributed by atoms with Gasteiger partial charge in [-0.15, -0.1) is 0 Å². The van der Waals surface area contributed by atoms with Crippen LogP contribution in [-0.4, -0.2) is 7.05 Å². The monoisotopic (exact) mass is 349 g/mol. The standard InChI is InChI=1S/C25H21N2/c1-26-16-15-18(19-9-3-6-12-23(19)26)17-22-20-10-4-7-13-24(20)27(2)25-14-8-5-11-21(22)25/h3-17H,1-2H3/q+1. The minimum atomic E-state index is 1.24. The number of rotatable bonds is 1. The second kappa shape index (κ2) is 6.10. The van der Waals surface area contributed by atoms with E-state index in [1.165, 1.54) is 44.5 Å². The van der Waals surface area contributed by atoms with Gasteiger partial charge in [0.15, 0.2) is 6.20 Å². The number of anilines is 2. The molecular weight excluding hydrogens is 328 g/mol.